The highest BCUT2D eigenvalue weighted by atomic mass is 19.2. The number of likely N-dealkylation sites (tertiary alicyclic amines) is 1. The van der Waals surface area contributed by atoms with Gasteiger partial charge in [0.2, 0.25) is 0 Å². The van der Waals surface area contributed by atoms with E-state index < -0.39 is 17.5 Å². The number of pyridine rings is 1. The van der Waals surface area contributed by atoms with Crippen LogP contribution in [0.3, 0.4) is 0 Å². The van der Waals surface area contributed by atoms with Crippen molar-refractivity contribution >= 4 is 5.91 Å². The average Bonchev–Trinajstić information content (AvgIpc) is 2.81. The van der Waals surface area contributed by atoms with Gasteiger partial charge in [0.25, 0.3) is 5.91 Å². The third-order valence-corrected chi connectivity index (χ3v) is 5.87. The van der Waals surface area contributed by atoms with E-state index in [1.165, 1.54) is 24.3 Å². The molecule has 1 aliphatic rings. The normalized spacial score (nSPS) is 16.0. The Kier molecular flexibility index (Phi) is 6.85. The third-order valence-electron chi connectivity index (χ3n) is 5.87. The van der Waals surface area contributed by atoms with Crippen LogP contribution in [0.2, 0.25) is 0 Å². The lowest BCUT2D eigenvalue weighted by Crippen LogP contribution is -2.40. The summed E-state index contributed by atoms with van der Waals surface area (Å²) < 4.78 is 40.3. The first-order chi connectivity index (χ1) is 15.5. The van der Waals surface area contributed by atoms with E-state index in [-0.39, 0.29) is 23.4 Å². The molecule has 166 valence electrons. The SMILES string of the molecule is O=C(N[C@@H](c1ccccn1)C1CCN(Cc2ccc(F)c(F)c2)CC1)c1cccc(F)c1. The Labute approximate surface area is 185 Å². The Balaban J connectivity index is 1.44. The number of hydrogen-bond donors (Lipinski definition) is 1. The fourth-order valence-electron chi connectivity index (χ4n) is 4.19. The van der Waals surface area contributed by atoms with Crippen LogP contribution in [0.15, 0.2) is 66.9 Å². The first-order valence-electron chi connectivity index (χ1n) is 10.6. The maximum atomic E-state index is 13.6. The Bertz CT molecular complexity index is 1070. The second kappa shape index (κ2) is 9.96. The summed E-state index contributed by atoms with van der Waals surface area (Å²) in [5.41, 5.74) is 1.75. The summed E-state index contributed by atoms with van der Waals surface area (Å²) in [7, 11) is 0. The highest BCUT2D eigenvalue weighted by molar-refractivity contribution is 5.94. The van der Waals surface area contributed by atoms with Crippen molar-refractivity contribution in [1.82, 2.24) is 15.2 Å². The number of piperidine rings is 1. The summed E-state index contributed by atoms with van der Waals surface area (Å²) in [5.74, 6) is -2.35. The summed E-state index contributed by atoms with van der Waals surface area (Å²) in [5, 5.41) is 3.05. The van der Waals surface area contributed by atoms with Crippen molar-refractivity contribution in [1.29, 1.82) is 0 Å². The molecule has 1 aromatic heterocycles. The van der Waals surface area contributed by atoms with Gasteiger partial charge in [-0.05, 0) is 79.9 Å². The lowest BCUT2D eigenvalue weighted by molar-refractivity contribution is 0.0888. The summed E-state index contributed by atoms with van der Waals surface area (Å²) in [6, 6.07) is 14.9. The molecule has 1 fully saturated rings. The minimum absolute atomic E-state index is 0.142. The van der Waals surface area contributed by atoms with Crippen molar-refractivity contribution in [3.8, 4) is 0 Å². The maximum absolute atomic E-state index is 13.6. The molecule has 1 atom stereocenters. The molecule has 0 radical (unpaired) electrons. The van der Waals surface area contributed by atoms with E-state index in [9.17, 15) is 18.0 Å². The molecule has 4 rings (SSSR count). The zero-order chi connectivity index (χ0) is 22.5. The van der Waals surface area contributed by atoms with Crippen molar-refractivity contribution in [3.05, 3.63) is 101 Å². The van der Waals surface area contributed by atoms with Gasteiger partial charge < -0.3 is 5.32 Å². The van der Waals surface area contributed by atoms with E-state index in [0.29, 0.717) is 6.54 Å². The molecule has 0 spiro atoms. The standard InChI is InChI=1S/C25H24F3N3O/c26-20-5-3-4-19(15-20)25(32)30-24(23-6-1-2-11-29-23)18-9-12-31(13-10-18)16-17-7-8-21(27)22(28)14-17/h1-8,11,14-15,18,24H,9-10,12-13,16H2,(H,30,32)/t24-/m1/s1. The summed E-state index contributed by atoms with van der Waals surface area (Å²) in [6.45, 7) is 2.04. The van der Waals surface area contributed by atoms with Crippen LogP contribution in [-0.4, -0.2) is 28.9 Å². The summed E-state index contributed by atoms with van der Waals surface area (Å²) >= 11 is 0. The molecule has 32 heavy (non-hydrogen) atoms. The predicted molar refractivity (Wildman–Crippen MR) is 115 cm³/mol. The maximum Gasteiger partial charge on any atom is 0.251 e. The molecule has 0 aliphatic carbocycles. The molecule has 1 aliphatic heterocycles. The molecular weight excluding hydrogens is 415 g/mol. The van der Waals surface area contributed by atoms with Gasteiger partial charge in [0.15, 0.2) is 11.6 Å². The number of benzene rings is 2. The quantitative estimate of drug-likeness (QED) is 0.595. The molecule has 2 aromatic carbocycles. The lowest BCUT2D eigenvalue weighted by Gasteiger charge is -2.36. The van der Waals surface area contributed by atoms with Gasteiger partial charge in [0, 0.05) is 18.3 Å². The minimum Gasteiger partial charge on any atom is -0.343 e. The van der Waals surface area contributed by atoms with Gasteiger partial charge in [0.1, 0.15) is 5.82 Å². The van der Waals surface area contributed by atoms with Crippen LogP contribution in [0, 0.1) is 23.4 Å². The molecule has 2 heterocycles. The van der Waals surface area contributed by atoms with Gasteiger partial charge in [-0.1, -0.05) is 18.2 Å². The first kappa shape index (κ1) is 22.0. The fraction of sp³-hybridized carbons (Fsp3) is 0.280. The van der Waals surface area contributed by atoms with Crippen LogP contribution >= 0.6 is 0 Å². The molecular formula is C25H24F3N3O. The number of carbonyl (C=O) groups excluding carboxylic acids is 1. The Morgan fingerprint density at radius 3 is 2.50 bits per heavy atom. The van der Waals surface area contributed by atoms with Gasteiger partial charge in [-0.15, -0.1) is 0 Å². The molecule has 1 N–H and O–H groups in total. The molecule has 4 nitrogen and oxygen atoms in total. The van der Waals surface area contributed by atoms with Crippen LogP contribution < -0.4 is 5.32 Å². The number of aromatic nitrogens is 1. The number of nitrogens with one attached hydrogen (secondary N) is 1. The van der Waals surface area contributed by atoms with Gasteiger partial charge in [-0.3, -0.25) is 14.7 Å². The van der Waals surface area contributed by atoms with Crippen LogP contribution in [-0.2, 0) is 6.54 Å². The fourth-order valence-corrected chi connectivity index (χ4v) is 4.19. The van der Waals surface area contributed by atoms with Crippen molar-refractivity contribution in [3.63, 3.8) is 0 Å². The van der Waals surface area contributed by atoms with Crippen LogP contribution in [0.1, 0.15) is 40.5 Å². The molecule has 0 unspecified atom stereocenters. The molecule has 0 bridgehead atoms. The van der Waals surface area contributed by atoms with Crippen molar-refractivity contribution in [2.24, 2.45) is 5.92 Å². The zero-order valence-electron chi connectivity index (χ0n) is 17.5. The minimum atomic E-state index is -0.848. The second-order valence-electron chi connectivity index (χ2n) is 8.08. The molecule has 3 aromatic rings. The van der Waals surface area contributed by atoms with Crippen LogP contribution in [0.5, 0.6) is 0 Å². The van der Waals surface area contributed by atoms with Crippen molar-refractivity contribution in [2.45, 2.75) is 25.4 Å². The monoisotopic (exact) mass is 439 g/mol. The highest BCUT2D eigenvalue weighted by Gasteiger charge is 2.30. The van der Waals surface area contributed by atoms with Gasteiger partial charge >= 0.3 is 0 Å². The summed E-state index contributed by atoms with van der Waals surface area (Å²) in [6.07, 6.45) is 3.29. The number of amides is 1. The van der Waals surface area contributed by atoms with E-state index in [1.54, 1.807) is 18.3 Å². The molecule has 1 saturated heterocycles. The number of halogens is 3. The van der Waals surface area contributed by atoms with E-state index in [0.717, 1.165) is 43.3 Å². The largest absolute Gasteiger partial charge is 0.343 e. The Hall–Kier alpha value is -3.19. The van der Waals surface area contributed by atoms with Crippen LogP contribution in [0.4, 0.5) is 13.2 Å². The second-order valence-corrected chi connectivity index (χ2v) is 8.08. The van der Waals surface area contributed by atoms with E-state index in [1.807, 2.05) is 18.2 Å². The smallest absolute Gasteiger partial charge is 0.251 e. The Morgan fingerprint density at radius 2 is 1.81 bits per heavy atom. The Morgan fingerprint density at radius 1 is 1.00 bits per heavy atom. The lowest BCUT2D eigenvalue weighted by atomic mass is 9.87. The summed E-state index contributed by atoms with van der Waals surface area (Å²) in [4.78, 5) is 19.4. The molecule has 7 heteroatoms. The van der Waals surface area contributed by atoms with E-state index in [2.05, 4.69) is 15.2 Å². The number of carbonyl (C=O) groups is 1. The van der Waals surface area contributed by atoms with Gasteiger partial charge in [-0.2, -0.15) is 0 Å². The van der Waals surface area contributed by atoms with Gasteiger partial charge in [0.05, 0.1) is 11.7 Å². The zero-order valence-corrected chi connectivity index (χ0v) is 17.5. The molecule has 0 saturated carbocycles. The average molecular weight is 439 g/mol. The number of hydrogen-bond acceptors (Lipinski definition) is 3. The topological polar surface area (TPSA) is 45.2 Å². The number of nitrogens with zero attached hydrogens (tertiary/aromatic N) is 2. The van der Waals surface area contributed by atoms with E-state index >= 15 is 0 Å². The number of rotatable bonds is 6. The third kappa shape index (κ3) is 5.34. The van der Waals surface area contributed by atoms with Gasteiger partial charge in [-0.25, -0.2) is 13.2 Å². The highest BCUT2D eigenvalue weighted by Crippen LogP contribution is 2.31. The molecule has 1 amide bonds. The van der Waals surface area contributed by atoms with Crippen molar-refractivity contribution < 1.29 is 18.0 Å². The van der Waals surface area contributed by atoms with Crippen LogP contribution in [0.25, 0.3) is 0 Å². The predicted octanol–water partition coefficient (Wildman–Crippen LogP) is 4.88. The first-order valence-corrected chi connectivity index (χ1v) is 10.6. The van der Waals surface area contributed by atoms with Crippen molar-refractivity contribution in [2.75, 3.05) is 13.1 Å². The van der Waals surface area contributed by atoms with E-state index in [4.69, 9.17) is 0 Å².